The van der Waals surface area contributed by atoms with Crippen LogP contribution in [0.4, 0.5) is 5.69 Å². The summed E-state index contributed by atoms with van der Waals surface area (Å²) in [6.45, 7) is 4.50. The summed E-state index contributed by atoms with van der Waals surface area (Å²) in [7, 11) is 2.02. The standard InChI is InChI=1S/C17H19NO/c1-13-7-6-8-15(11-13)12-18(3)17-10-5-4-9-16(17)14(2)19/h4-11H,12H2,1-3H3. The molecule has 0 saturated carbocycles. The van der Waals surface area contributed by atoms with E-state index in [0.29, 0.717) is 0 Å². The molecule has 0 radical (unpaired) electrons. The van der Waals surface area contributed by atoms with E-state index in [1.54, 1.807) is 6.92 Å². The zero-order valence-electron chi connectivity index (χ0n) is 11.7. The highest BCUT2D eigenvalue weighted by Crippen LogP contribution is 2.21. The zero-order chi connectivity index (χ0) is 13.8. The minimum atomic E-state index is 0.103. The van der Waals surface area contributed by atoms with Gasteiger partial charge in [-0.15, -0.1) is 0 Å². The van der Waals surface area contributed by atoms with Crippen molar-refractivity contribution in [2.75, 3.05) is 11.9 Å². The van der Waals surface area contributed by atoms with Gasteiger partial charge in [-0.05, 0) is 31.5 Å². The number of ketones is 1. The first-order chi connectivity index (χ1) is 9.08. The first kappa shape index (κ1) is 13.3. The number of hydrogen-bond acceptors (Lipinski definition) is 2. The number of anilines is 1. The van der Waals surface area contributed by atoms with E-state index in [4.69, 9.17) is 0 Å². The molecule has 0 aliphatic heterocycles. The monoisotopic (exact) mass is 253 g/mol. The van der Waals surface area contributed by atoms with Crippen LogP contribution >= 0.6 is 0 Å². The Morgan fingerprint density at radius 3 is 2.53 bits per heavy atom. The van der Waals surface area contributed by atoms with E-state index >= 15 is 0 Å². The molecule has 0 amide bonds. The molecule has 2 rings (SSSR count). The maximum Gasteiger partial charge on any atom is 0.161 e. The van der Waals surface area contributed by atoms with Crippen LogP contribution in [0, 0.1) is 6.92 Å². The Balaban J connectivity index is 2.25. The van der Waals surface area contributed by atoms with Crippen molar-refractivity contribution < 1.29 is 4.79 Å². The Labute approximate surface area is 114 Å². The van der Waals surface area contributed by atoms with Crippen LogP contribution in [0.25, 0.3) is 0 Å². The smallest absolute Gasteiger partial charge is 0.161 e. The van der Waals surface area contributed by atoms with E-state index in [1.165, 1.54) is 11.1 Å². The van der Waals surface area contributed by atoms with Crippen LogP contribution in [-0.4, -0.2) is 12.8 Å². The number of benzene rings is 2. The second-order valence-corrected chi connectivity index (χ2v) is 4.92. The molecule has 0 N–H and O–H groups in total. The normalized spacial score (nSPS) is 10.3. The van der Waals surface area contributed by atoms with Crippen LogP contribution in [0.15, 0.2) is 48.5 Å². The molecule has 2 aromatic carbocycles. The number of carbonyl (C=O) groups excluding carboxylic acids is 1. The lowest BCUT2D eigenvalue weighted by molar-refractivity contribution is 0.101. The molecular weight excluding hydrogens is 234 g/mol. The summed E-state index contributed by atoms with van der Waals surface area (Å²) in [5, 5.41) is 0. The van der Waals surface area contributed by atoms with E-state index in [-0.39, 0.29) is 5.78 Å². The lowest BCUT2D eigenvalue weighted by atomic mass is 10.1. The minimum Gasteiger partial charge on any atom is -0.370 e. The molecule has 2 aromatic rings. The van der Waals surface area contributed by atoms with Crippen molar-refractivity contribution in [1.29, 1.82) is 0 Å². The van der Waals surface area contributed by atoms with Gasteiger partial charge in [0.15, 0.2) is 5.78 Å². The number of carbonyl (C=O) groups is 1. The van der Waals surface area contributed by atoms with Crippen molar-refractivity contribution in [3.05, 3.63) is 65.2 Å². The highest BCUT2D eigenvalue weighted by Gasteiger charge is 2.10. The third-order valence-corrected chi connectivity index (χ3v) is 3.20. The molecule has 0 aromatic heterocycles. The average molecular weight is 253 g/mol. The van der Waals surface area contributed by atoms with Gasteiger partial charge in [-0.3, -0.25) is 4.79 Å². The molecule has 19 heavy (non-hydrogen) atoms. The van der Waals surface area contributed by atoms with Crippen LogP contribution in [0.1, 0.15) is 28.4 Å². The molecular formula is C17H19NO. The molecule has 0 saturated heterocycles. The van der Waals surface area contributed by atoms with Gasteiger partial charge in [-0.25, -0.2) is 0 Å². The maximum atomic E-state index is 11.7. The number of para-hydroxylation sites is 1. The summed E-state index contributed by atoms with van der Waals surface area (Å²) < 4.78 is 0. The topological polar surface area (TPSA) is 20.3 Å². The van der Waals surface area contributed by atoms with Crippen LogP contribution in [0.2, 0.25) is 0 Å². The minimum absolute atomic E-state index is 0.103. The van der Waals surface area contributed by atoms with Crippen LogP contribution < -0.4 is 4.90 Å². The van der Waals surface area contributed by atoms with E-state index in [2.05, 4.69) is 36.1 Å². The Morgan fingerprint density at radius 1 is 1.11 bits per heavy atom. The molecule has 0 spiro atoms. The molecule has 0 fully saturated rings. The lowest BCUT2D eigenvalue weighted by Crippen LogP contribution is -2.18. The third-order valence-electron chi connectivity index (χ3n) is 3.20. The molecule has 0 bridgehead atoms. The summed E-state index contributed by atoms with van der Waals surface area (Å²) in [4.78, 5) is 13.8. The summed E-state index contributed by atoms with van der Waals surface area (Å²) in [6.07, 6.45) is 0. The van der Waals surface area contributed by atoms with Crippen molar-refractivity contribution in [2.24, 2.45) is 0 Å². The van der Waals surface area contributed by atoms with E-state index in [0.717, 1.165) is 17.8 Å². The molecule has 0 heterocycles. The van der Waals surface area contributed by atoms with Crippen LogP contribution in [0.5, 0.6) is 0 Å². The van der Waals surface area contributed by atoms with E-state index in [9.17, 15) is 4.79 Å². The van der Waals surface area contributed by atoms with Crippen molar-refractivity contribution in [3.63, 3.8) is 0 Å². The van der Waals surface area contributed by atoms with E-state index in [1.807, 2.05) is 31.3 Å². The number of nitrogens with zero attached hydrogens (tertiary/aromatic N) is 1. The van der Waals surface area contributed by atoms with Crippen LogP contribution in [0.3, 0.4) is 0 Å². The first-order valence-electron chi connectivity index (χ1n) is 6.44. The highest BCUT2D eigenvalue weighted by molar-refractivity contribution is 5.99. The van der Waals surface area contributed by atoms with Crippen LogP contribution in [-0.2, 0) is 6.54 Å². The van der Waals surface area contributed by atoms with Crippen molar-refractivity contribution in [1.82, 2.24) is 0 Å². The number of aryl methyl sites for hydroxylation is 1. The molecule has 0 atom stereocenters. The van der Waals surface area contributed by atoms with Gasteiger partial charge in [0.1, 0.15) is 0 Å². The van der Waals surface area contributed by atoms with Gasteiger partial charge in [0.25, 0.3) is 0 Å². The fraction of sp³-hybridized carbons (Fsp3) is 0.235. The molecule has 0 aliphatic carbocycles. The fourth-order valence-electron chi connectivity index (χ4n) is 2.27. The van der Waals surface area contributed by atoms with Gasteiger partial charge >= 0.3 is 0 Å². The Hall–Kier alpha value is -2.09. The number of hydrogen-bond donors (Lipinski definition) is 0. The molecule has 2 heteroatoms. The number of rotatable bonds is 4. The van der Waals surface area contributed by atoms with Crippen molar-refractivity contribution in [3.8, 4) is 0 Å². The van der Waals surface area contributed by atoms with Gasteiger partial charge in [-0.2, -0.15) is 0 Å². The predicted molar refractivity (Wildman–Crippen MR) is 79.7 cm³/mol. The Bertz CT molecular complexity index is 589. The van der Waals surface area contributed by atoms with E-state index < -0.39 is 0 Å². The largest absolute Gasteiger partial charge is 0.370 e. The average Bonchev–Trinajstić information content (AvgIpc) is 2.38. The molecule has 98 valence electrons. The summed E-state index contributed by atoms with van der Waals surface area (Å²) in [5.41, 5.74) is 4.26. The van der Waals surface area contributed by atoms with Crippen molar-refractivity contribution in [2.45, 2.75) is 20.4 Å². The van der Waals surface area contributed by atoms with Gasteiger partial charge in [0, 0.05) is 24.8 Å². The first-order valence-corrected chi connectivity index (χ1v) is 6.44. The van der Waals surface area contributed by atoms with Gasteiger partial charge < -0.3 is 4.90 Å². The second-order valence-electron chi connectivity index (χ2n) is 4.92. The Morgan fingerprint density at radius 2 is 1.84 bits per heavy atom. The second kappa shape index (κ2) is 5.70. The van der Waals surface area contributed by atoms with Gasteiger partial charge in [0.2, 0.25) is 0 Å². The summed E-state index contributed by atoms with van der Waals surface area (Å²) in [5.74, 6) is 0.103. The van der Waals surface area contributed by atoms with Crippen molar-refractivity contribution >= 4 is 11.5 Å². The summed E-state index contributed by atoms with van der Waals surface area (Å²) >= 11 is 0. The third kappa shape index (κ3) is 3.22. The summed E-state index contributed by atoms with van der Waals surface area (Å²) in [6, 6.07) is 16.2. The highest BCUT2D eigenvalue weighted by atomic mass is 16.1. The lowest BCUT2D eigenvalue weighted by Gasteiger charge is -2.22. The molecule has 0 unspecified atom stereocenters. The molecule has 2 nitrogen and oxygen atoms in total. The number of Topliss-reactive ketones (excluding diaryl/α,β-unsaturated/α-hetero) is 1. The predicted octanol–water partition coefficient (Wildman–Crippen LogP) is 3.83. The fourth-order valence-corrected chi connectivity index (χ4v) is 2.27. The Kier molecular flexibility index (Phi) is 4.00. The SMILES string of the molecule is CC(=O)c1ccccc1N(C)Cc1cccc(C)c1. The maximum absolute atomic E-state index is 11.7. The van der Waals surface area contributed by atoms with Gasteiger partial charge in [-0.1, -0.05) is 42.0 Å². The quantitative estimate of drug-likeness (QED) is 0.772. The molecule has 0 aliphatic rings. The zero-order valence-corrected chi connectivity index (χ0v) is 11.7. The van der Waals surface area contributed by atoms with Gasteiger partial charge in [0.05, 0.1) is 0 Å².